The SMILES string of the molecule is O=C(Cn1nnnc1Cc1ccccn1)N1CCC[C@@H]2CCCC[C@@H]21. The number of likely N-dealkylation sites (tertiary alicyclic amines) is 1. The molecule has 1 aliphatic heterocycles. The number of aromatic nitrogens is 5. The molecule has 2 aromatic heterocycles. The summed E-state index contributed by atoms with van der Waals surface area (Å²) in [4.78, 5) is 19.3. The lowest BCUT2D eigenvalue weighted by atomic mass is 9.78. The molecule has 3 heterocycles. The Kier molecular flexibility index (Phi) is 4.72. The average Bonchev–Trinajstić information content (AvgIpc) is 3.08. The third kappa shape index (κ3) is 3.55. The zero-order valence-electron chi connectivity index (χ0n) is 14.4. The number of hydrogen-bond donors (Lipinski definition) is 0. The molecule has 0 N–H and O–H groups in total. The molecule has 2 aliphatic rings. The summed E-state index contributed by atoms with van der Waals surface area (Å²) in [6.07, 6.45) is 9.63. The largest absolute Gasteiger partial charge is 0.338 e. The summed E-state index contributed by atoms with van der Waals surface area (Å²) in [5.74, 6) is 1.52. The Bertz CT molecular complexity index is 713. The van der Waals surface area contributed by atoms with Crippen LogP contribution >= 0.6 is 0 Å². The Morgan fingerprint density at radius 1 is 1.16 bits per heavy atom. The third-order valence-corrected chi connectivity index (χ3v) is 5.52. The van der Waals surface area contributed by atoms with Gasteiger partial charge in [-0.2, -0.15) is 0 Å². The van der Waals surface area contributed by atoms with E-state index in [1.807, 2.05) is 18.2 Å². The monoisotopic (exact) mass is 340 g/mol. The van der Waals surface area contributed by atoms with E-state index in [0.717, 1.165) is 25.1 Å². The minimum Gasteiger partial charge on any atom is -0.338 e. The van der Waals surface area contributed by atoms with Gasteiger partial charge in [-0.15, -0.1) is 5.10 Å². The molecule has 7 heteroatoms. The fourth-order valence-electron chi connectivity index (χ4n) is 4.29. The number of carbonyl (C=O) groups excluding carboxylic acids is 1. The van der Waals surface area contributed by atoms with Crippen molar-refractivity contribution in [3.05, 3.63) is 35.9 Å². The molecule has 1 saturated carbocycles. The van der Waals surface area contributed by atoms with Crippen molar-refractivity contribution in [1.82, 2.24) is 30.1 Å². The number of tetrazole rings is 1. The highest BCUT2D eigenvalue weighted by Crippen LogP contribution is 2.35. The number of piperidine rings is 1. The van der Waals surface area contributed by atoms with Crippen molar-refractivity contribution in [3.8, 4) is 0 Å². The summed E-state index contributed by atoms with van der Waals surface area (Å²) in [7, 11) is 0. The van der Waals surface area contributed by atoms with E-state index >= 15 is 0 Å². The highest BCUT2D eigenvalue weighted by Gasteiger charge is 2.35. The van der Waals surface area contributed by atoms with E-state index in [0.29, 0.717) is 24.2 Å². The van der Waals surface area contributed by atoms with Crippen LogP contribution in [0.2, 0.25) is 0 Å². The molecule has 0 aromatic carbocycles. The number of fused-ring (bicyclic) bond motifs is 1. The van der Waals surface area contributed by atoms with Crippen LogP contribution in [0.1, 0.15) is 50.0 Å². The molecular weight excluding hydrogens is 316 g/mol. The fraction of sp³-hybridized carbons (Fsp3) is 0.611. The van der Waals surface area contributed by atoms with Crippen LogP contribution in [0.25, 0.3) is 0 Å². The first-order valence-electron chi connectivity index (χ1n) is 9.25. The molecule has 2 atom stereocenters. The molecule has 0 bridgehead atoms. The Morgan fingerprint density at radius 3 is 2.92 bits per heavy atom. The van der Waals surface area contributed by atoms with Gasteiger partial charge in [-0.05, 0) is 54.2 Å². The second-order valence-corrected chi connectivity index (χ2v) is 7.09. The van der Waals surface area contributed by atoms with Gasteiger partial charge in [-0.3, -0.25) is 9.78 Å². The maximum atomic E-state index is 12.9. The van der Waals surface area contributed by atoms with Gasteiger partial charge in [0.05, 0.1) is 6.42 Å². The number of carbonyl (C=O) groups is 1. The second-order valence-electron chi connectivity index (χ2n) is 7.09. The summed E-state index contributed by atoms with van der Waals surface area (Å²) in [5.41, 5.74) is 0.899. The topological polar surface area (TPSA) is 76.8 Å². The molecule has 4 rings (SSSR count). The standard InChI is InChI=1S/C18H24N6O/c25-18(23-11-5-7-14-6-1-2-9-16(14)23)13-24-17(20-21-22-24)12-15-8-3-4-10-19-15/h3-4,8,10,14,16H,1-2,5-7,9,11-13H2/t14-,16-/m0/s1. The Morgan fingerprint density at radius 2 is 2.04 bits per heavy atom. The molecule has 2 fully saturated rings. The van der Waals surface area contributed by atoms with Crippen LogP contribution in [0.5, 0.6) is 0 Å². The lowest BCUT2D eigenvalue weighted by molar-refractivity contribution is -0.138. The first-order chi connectivity index (χ1) is 12.3. The van der Waals surface area contributed by atoms with Gasteiger partial charge in [0.2, 0.25) is 5.91 Å². The van der Waals surface area contributed by atoms with Gasteiger partial charge in [-0.1, -0.05) is 18.9 Å². The van der Waals surface area contributed by atoms with Gasteiger partial charge >= 0.3 is 0 Å². The number of amides is 1. The van der Waals surface area contributed by atoms with Crippen molar-refractivity contribution in [2.24, 2.45) is 5.92 Å². The van der Waals surface area contributed by atoms with Crippen molar-refractivity contribution in [2.45, 2.75) is 57.5 Å². The summed E-state index contributed by atoms with van der Waals surface area (Å²) >= 11 is 0. The zero-order chi connectivity index (χ0) is 17.1. The number of rotatable bonds is 4. The predicted octanol–water partition coefficient (Wildman–Crippen LogP) is 1.84. The van der Waals surface area contributed by atoms with Gasteiger partial charge in [0.15, 0.2) is 5.82 Å². The van der Waals surface area contributed by atoms with Crippen LogP contribution in [-0.2, 0) is 17.8 Å². The summed E-state index contributed by atoms with van der Waals surface area (Å²) in [6.45, 7) is 1.09. The van der Waals surface area contributed by atoms with E-state index in [9.17, 15) is 4.79 Å². The molecule has 25 heavy (non-hydrogen) atoms. The van der Waals surface area contributed by atoms with Gasteiger partial charge in [0.25, 0.3) is 0 Å². The maximum Gasteiger partial charge on any atom is 0.244 e. The smallest absolute Gasteiger partial charge is 0.244 e. The van der Waals surface area contributed by atoms with Crippen molar-refractivity contribution >= 4 is 5.91 Å². The van der Waals surface area contributed by atoms with E-state index in [1.54, 1.807) is 10.9 Å². The number of pyridine rings is 1. The van der Waals surface area contributed by atoms with Gasteiger partial charge in [0.1, 0.15) is 6.54 Å². The molecule has 1 saturated heterocycles. The molecule has 0 radical (unpaired) electrons. The Balaban J connectivity index is 1.45. The van der Waals surface area contributed by atoms with Gasteiger partial charge in [0, 0.05) is 24.5 Å². The summed E-state index contributed by atoms with van der Waals surface area (Å²) < 4.78 is 1.63. The first kappa shape index (κ1) is 16.2. The summed E-state index contributed by atoms with van der Waals surface area (Å²) in [6, 6.07) is 6.19. The third-order valence-electron chi connectivity index (χ3n) is 5.52. The molecule has 1 amide bonds. The second kappa shape index (κ2) is 7.29. The van der Waals surface area contributed by atoms with E-state index in [-0.39, 0.29) is 12.5 Å². The van der Waals surface area contributed by atoms with E-state index in [4.69, 9.17) is 0 Å². The van der Waals surface area contributed by atoms with Crippen LogP contribution in [0.15, 0.2) is 24.4 Å². The Labute approximate surface area is 147 Å². The lowest BCUT2D eigenvalue weighted by Crippen LogP contribution is -2.50. The van der Waals surface area contributed by atoms with Crippen molar-refractivity contribution in [3.63, 3.8) is 0 Å². The molecule has 0 spiro atoms. The van der Waals surface area contributed by atoms with Crippen molar-refractivity contribution in [1.29, 1.82) is 0 Å². The minimum absolute atomic E-state index is 0.145. The van der Waals surface area contributed by atoms with Crippen LogP contribution in [0.4, 0.5) is 0 Å². The van der Waals surface area contributed by atoms with Crippen LogP contribution in [0, 0.1) is 5.92 Å². The van der Waals surface area contributed by atoms with Crippen molar-refractivity contribution in [2.75, 3.05) is 6.54 Å². The minimum atomic E-state index is 0.145. The molecule has 132 valence electrons. The highest BCUT2D eigenvalue weighted by molar-refractivity contribution is 5.76. The van der Waals surface area contributed by atoms with Gasteiger partial charge in [-0.25, -0.2) is 4.68 Å². The van der Waals surface area contributed by atoms with Crippen molar-refractivity contribution < 1.29 is 4.79 Å². The quantitative estimate of drug-likeness (QED) is 0.849. The van der Waals surface area contributed by atoms with Crippen LogP contribution in [0.3, 0.4) is 0 Å². The molecular formula is C18H24N6O. The highest BCUT2D eigenvalue weighted by atomic mass is 16.2. The molecule has 7 nitrogen and oxygen atoms in total. The van der Waals surface area contributed by atoms with Gasteiger partial charge < -0.3 is 4.90 Å². The molecule has 2 aromatic rings. The maximum absolute atomic E-state index is 12.9. The zero-order valence-corrected chi connectivity index (χ0v) is 14.4. The normalized spacial score (nSPS) is 23.3. The van der Waals surface area contributed by atoms with E-state index in [1.165, 1.54) is 25.7 Å². The fourth-order valence-corrected chi connectivity index (χ4v) is 4.29. The lowest BCUT2D eigenvalue weighted by Gasteiger charge is -2.44. The molecule has 1 aliphatic carbocycles. The van der Waals surface area contributed by atoms with E-state index < -0.39 is 0 Å². The molecule has 0 unspecified atom stereocenters. The first-order valence-corrected chi connectivity index (χ1v) is 9.25. The van der Waals surface area contributed by atoms with Crippen LogP contribution < -0.4 is 0 Å². The summed E-state index contributed by atoms with van der Waals surface area (Å²) in [5, 5.41) is 11.9. The average molecular weight is 340 g/mol. The number of hydrogen-bond acceptors (Lipinski definition) is 5. The van der Waals surface area contributed by atoms with Crippen LogP contribution in [-0.4, -0.2) is 48.6 Å². The van der Waals surface area contributed by atoms with E-state index in [2.05, 4.69) is 25.4 Å². The predicted molar refractivity (Wildman–Crippen MR) is 91.6 cm³/mol. The Hall–Kier alpha value is -2.31. The number of nitrogens with zero attached hydrogens (tertiary/aromatic N) is 6.